The van der Waals surface area contributed by atoms with E-state index in [2.05, 4.69) is 0 Å². The Morgan fingerprint density at radius 3 is 2.31 bits per heavy atom. The summed E-state index contributed by atoms with van der Waals surface area (Å²) < 4.78 is 23.3. The first kappa shape index (κ1) is 21.5. The molecule has 0 aliphatic rings. The van der Waals surface area contributed by atoms with Gasteiger partial charge in [-0.05, 0) is 67.3 Å². The fourth-order valence-corrected chi connectivity index (χ4v) is 3.85. The highest BCUT2D eigenvalue weighted by Gasteiger charge is 2.21. The van der Waals surface area contributed by atoms with Crippen molar-refractivity contribution in [2.45, 2.75) is 27.4 Å². The fraction of sp³-hybridized carbons (Fsp3) is 0.222. The highest BCUT2D eigenvalue weighted by molar-refractivity contribution is 5.85. The zero-order valence-electron chi connectivity index (χ0n) is 18.9. The molecule has 0 fully saturated rings. The van der Waals surface area contributed by atoms with Crippen molar-refractivity contribution in [1.29, 1.82) is 0 Å². The van der Waals surface area contributed by atoms with Gasteiger partial charge in [0.05, 0.1) is 19.6 Å². The van der Waals surface area contributed by atoms with Crippen LogP contribution in [0.5, 0.6) is 17.2 Å². The smallest absolute Gasteiger partial charge is 0.235 e. The SMILES string of the molecule is COc1ccc(-c2oc3c(C)cc(C)cc3c(=O)c2OCc2ccccc2C)cc1OC. The van der Waals surface area contributed by atoms with Crippen LogP contribution in [0.25, 0.3) is 22.3 Å². The molecule has 0 spiro atoms. The van der Waals surface area contributed by atoms with Crippen molar-refractivity contribution in [3.8, 4) is 28.6 Å². The molecule has 32 heavy (non-hydrogen) atoms. The number of aryl methyl sites for hydroxylation is 3. The molecular weight excluding hydrogens is 404 g/mol. The standard InChI is InChI=1S/C27H26O5/c1-16-12-18(3)25-21(13-16)24(28)27(31-15-20-9-7-6-8-17(20)2)26(32-25)19-10-11-22(29-4)23(14-19)30-5/h6-14H,15H2,1-5H3. The molecule has 1 aromatic heterocycles. The Bertz CT molecular complexity index is 1350. The van der Waals surface area contributed by atoms with Crippen molar-refractivity contribution in [1.82, 2.24) is 0 Å². The number of hydrogen-bond acceptors (Lipinski definition) is 5. The van der Waals surface area contributed by atoms with Gasteiger partial charge in [0.25, 0.3) is 0 Å². The summed E-state index contributed by atoms with van der Waals surface area (Å²) >= 11 is 0. The Hall–Kier alpha value is -3.73. The van der Waals surface area contributed by atoms with Crippen LogP contribution in [0.1, 0.15) is 22.3 Å². The maximum atomic E-state index is 13.6. The van der Waals surface area contributed by atoms with E-state index >= 15 is 0 Å². The summed E-state index contributed by atoms with van der Waals surface area (Å²) in [4.78, 5) is 13.6. The summed E-state index contributed by atoms with van der Waals surface area (Å²) in [6.45, 7) is 6.17. The molecule has 5 nitrogen and oxygen atoms in total. The third-order valence-electron chi connectivity index (χ3n) is 5.56. The molecule has 0 aliphatic carbocycles. The van der Waals surface area contributed by atoms with Gasteiger partial charge in [-0.25, -0.2) is 0 Å². The van der Waals surface area contributed by atoms with Crippen LogP contribution >= 0.6 is 0 Å². The van der Waals surface area contributed by atoms with Crippen molar-refractivity contribution >= 4 is 11.0 Å². The van der Waals surface area contributed by atoms with E-state index in [1.54, 1.807) is 26.4 Å². The molecule has 0 N–H and O–H groups in total. The minimum Gasteiger partial charge on any atom is -0.493 e. The largest absolute Gasteiger partial charge is 0.493 e. The second-order valence-electron chi connectivity index (χ2n) is 7.83. The minimum absolute atomic E-state index is 0.179. The van der Waals surface area contributed by atoms with Crippen molar-refractivity contribution < 1.29 is 18.6 Å². The Morgan fingerprint density at radius 2 is 1.59 bits per heavy atom. The Kier molecular flexibility index (Phi) is 5.91. The lowest BCUT2D eigenvalue weighted by Gasteiger charge is -2.15. The van der Waals surface area contributed by atoms with E-state index in [4.69, 9.17) is 18.6 Å². The second kappa shape index (κ2) is 8.79. The van der Waals surface area contributed by atoms with Crippen LogP contribution in [-0.4, -0.2) is 14.2 Å². The molecule has 0 amide bonds. The number of fused-ring (bicyclic) bond motifs is 1. The lowest BCUT2D eigenvalue weighted by atomic mass is 10.0. The van der Waals surface area contributed by atoms with E-state index in [0.29, 0.717) is 33.8 Å². The second-order valence-corrected chi connectivity index (χ2v) is 7.83. The molecule has 0 unspecified atom stereocenters. The molecule has 4 rings (SSSR count). The third kappa shape index (κ3) is 3.94. The Morgan fingerprint density at radius 1 is 0.844 bits per heavy atom. The molecule has 0 atom stereocenters. The first-order valence-electron chi connectivity index (χ1n) is 10.4. The van der Waals surface area contributed by atoms with Gasteiger partial charge in [-0.2, -0.15) is 0 Å². The molecule has 5 heteroatoms. The van der Waals surface area contributed by atoms with E-state index in [-0.39, 0.29) is 17.8 Å². The predicted molar refractivity (Wildman–Crippen MR) is 126 cm³/mol. The maximum absolute atomic E-state index is 13.6. The predicted octanol–water partition coefficient (Wildman–Crippen LogP) is 5.98. The van der Waals surface area contributed by atoms with E-state index < -0.39 is 0 Å². The third-order valence-corrected chi connectivity index (χ3v) is 5.56. The highest BCUT2D eigenvalue weighted by Crippen LogP contribution is 2.37. The van der Waals surface area contributed by atoms with Crippen LogP contribution < -0.4 is 19.6 Å². The van der Waals surface area contributed by atoms with Crippen LogP contribution in [0.15, 0.2) is 63.8 Å². The topological polar surface area (TPSA) is 57.9 Å². The lowest BCUT2D eigenvalue weighted by Crippen LogP contribution is -2.11. The Balaban J connectivity index is 1.93. The lowest BCUT2D eigenvalue weighted by molar-refractivity contribution is 0.297. The summed E-state index contributed by atoms with van der Waals surface area (Å²) in [5, 5.41) is 0.506. The zero-order valence-corrected chi connectivity index (χ0v) is 18.9. The van der Waals surface area contributed by atoms with Crippen LogP contribution in [-0.2, 0) is 6.61 Å². The molecule has 1 heterocycles. The van der Waals surface area contributed by atoms with Crippen molar-refractivity contribution in [2.24, 2.45) is 0 Å². The zero-order chi connectivity index (χ0) is 22.8. The summed E-state index contributed by atoms with van der Waals surface area (Å²) in [6, 6.07) is 17.2. The van der Waals surface area contributed by atoms with E-state index in [9.17, 15) is 4.79 Å². The fourth-order valence-electron chi connectivity index (χ4n) is 3.85. The number of rotatable bonds is 6. The molecule has 0 bridgehead atoms. The van der Waals surface area contributed by atoms with Crippen molar-refractivity contribution in [3.05, 3.63) is 87.1 Å². The molecule has 0 aliphatic heterocycles. The van der Waals surface area contributed by atoms with E-state index in [1.807, 2.05) is 63.2 Å². The molecular formula is C27H26O5. The van der Waals surface area contributed by atoms with Gasteiger partial charge in [-0.15, -0.1) is 0 Å². The molecule has 3 aromatic carbocycles. The normalized spacial score (nSPS) is 10.9. The average molecular weight is 431 g/mol. The monoisotopic (exact) mass is 430 g/mol. The van der Waals surface area contributed by atoms with E-state index in [1.165, 1.54) is 0 Å². The summed E-state index contributed by atoms with van der Waals surface area (Å²) in [6.07, 6.45) is 0. The molecule has 0 radical (unpaired) electrons. The van der Waals surface area contributed by atoms with Crippen molar-refractivity contribution in [3.63, 3.8) is 0 Å². The van der Waals surface area contributed by atoms with Crippen LogP contribution in [0.4, 0.5) is 0 Å². The quantitative estimate of drug-likeness (QED) is 0.377. The van der Waals surface area contributed by atoms with Gasteiger partial charge in [0.15, 0.2) is 17.3 Å². The number of benzene rings is 3. The number of ether oxygens (including phenoxy) is 3. The highest BCUT2D eigenvalue weighted by atomic mass is 16.5. The first-order chi connectivity index (χ1) is 15.4. The first-order valence-corrected chi connectivity index (χ1v) is 10.4. The van der Waals surface area contributed by atoms with Gasteiger partial charge >= 0.3 is 0 Å². The molecule has 0 saturated heterocycles. The van der Waals surface area contributed by atoms with Crippen LogP contribution in [0, 0.1) is 20.8 Å². The van der Waals surface area contributed by atoms with Gasteiger partial charge in [-0.3, -0.25) is 4.79 Å². The summed E-state index contributed by atoms with van der Waals surface area (Å²) in [5.74, 6) is 1.67. The van der Waals surface area contributed by atoms with E-state index in [0.717, 1.165) is 22.3 Å². The van der Waals surface area contributed by atoms with Gasteiger partial charge in [0.1, 0.15) is 12.2 Å². The maximum Gasteiger partial charge on any atom is 0.235 e. The van der Waals surface area contributed by atoms with Gasteiger partial charge < -0.3 is 18.6 Å². The summed E-state index contributed by atoms with van der Waals surface area (Å²) in [7, 11) is 3.15. The van der Waals surface area contributed by atoms with Gasteiger partial charge in [-0.1, -0.05) is 30.3 Å². The number of hydrogen-bond donors (Lipinski definition) is 0. The minimum atomic E-state index is -0.198. The van der Waals surface area contributed by atoms with Crippen LogP contribution in [0.2, 0.25) is 0 Å². The Labute approximate surface area is 187 Å². The van der Waals surface area contributed by atoms with Gasteiger partial charge in [0, 0.05) is 5.56 Å². The number of methoxy groups -OCH3 is 2. The molecule has 0 saturated carbocycles. The molecule has 164 valence electrons. The summed E-state index contributed by atoms with van der Waals surface area (Å²) in [5.41, 5.74) is 5.00. The van der Waals surface area contributed by atoms with Gasteiger partial charge in [0.2, 0.25) is 11.2 Å². The van der Waals surface area contributed by atoms with Crippen LogP contribution in [0.3, 0.4) is 0 Å². The van der Waals surface area contributed by atoms with Crippen molar-refractivity contribution in [2.75, 3.05) is 14.2 Å². The average Bonchev–Trinajstić information content (AvgIpc) is 2.79. The molecule has 4 aromatic rings.